The molecule has 2 heterocycles. The predicted octanol–water partition coefficient (Wildman–Crippen LogP) is 2.78. The van der Waals surface area contributed by atoms with E-state index in [-0.39, 0.29) is 57.6 Å². The standard InChI is InChI=1S/C31H36Cl2N6O5/c1-3-15-37-21-28(40)38-26(11-8-14-34-31(43)44-16-4-2)29(41)36(19-23-12-13-24(32)25(33)17-23)20-27(38)39(37)30(42)35-18-22-9-6-5-7-10-22/h1,4-7,9-10,12-13,17,26-27,31,34,43H,2,8,11,14-16,18-21H2,(H,35,42)/t26-,27-,31?/m0/s1. The third-order valence-electron chi connectivity index (χ3n) is 7.30. The molecule has 2 fully saturated rings. The van der Waals surface area contributed by atoms with Gasteiger partial charge in [0.1, 0.15) is 12.2 Å². The zero-order chi connectivity index (χ0) is 31.6. The van der Waals surface area contributed by atoms with Crippen molar-refractivity contribution in [3.05, 3.63) is 82.4 Å². The number of hydrogen-bond donors (Lipinski definition) is 3. The van der Waals surface area contributed by atoms with Crippen LogP contribution in [0.15, 0.2) is 61.2 Å². The Balaban J connectivity index is 1.60. The minimum absolute atomic E-state index is 0.0206. The highest BCUT2D eigenvalue weighted by molar-refractivity contribution is 6.42. The first-order valence-corrected chi connectivity index (χ1v) is 15.0. The molecular weight excluding hydrogens is 607 g/mol. The van der Waals surface area contributed by atoms with Gasteiger partial charge in [0.25, 0.3) is 0 Å². The number of hydrazine groups is 1. The number of terminal acetylenes is 1. The number of nitrogens with one attached hydrogen (secondary N) is 2. The lowest BCUT2D eigenvalue weighted by Crippen LogP contribution is -2.76. The molecule has 1 unspecified atom stereocenters. The largest absolute Gasteiger partial charge is 0.356 e. The van der Waals surface area contributed by atoms with E-state index in [4.69, 9.17) is 34.4 Å². The average molecular weight is 644 g/mol. The number of benzene rings is 2. The third-order valence-corrected chi connectivity index (χ3v) is 8.04. The molecule has 0 aromatic heterocycles. The number of carbonyl (C=O) groups excluding carboxylic acids is 3. The molecule has 0 spiro atoms. The van der Waals surface area contributed by atoms with Crippen LogP contribution in [0, 0.1) is 12.3 Å². The van der Waals surface area contributed by atoms with Crippen molar-refractivity contribution < 1.29 is 24.2 Å². The number of nitrogens with zero attached hydrogens (tertiary/aromatic N) is 4. The van der Waals surface area contributed by atoms with Gasteiger partial charge in [-0.3, -0.25) is 14.9 Å². The molecule has 0 saturated carbocycles. The Labute approximate surface area is 267 Å². The van der Waals surface area contributed by atoms with E-state index >= 15 is 0 Å². The molecule has 44 heavy (non-hydrogen) atoms. The number of fused-ring (bicyclic) bond motifs is 1. The number of rotatable bonds is 13. The minimum atomic E-state index is -1.20. The maximum Gasteiger partial charge on any atom is 0.334 e. The minimum Gasteiger partial charge on any atom is -0.356 e. The van der Waals surface area contributed by atoms with E-state index in [1.807, 2.05) is 30.3 Å². The van der Waals surface area contributed by atoms with E-state index in [0.717, 1.165) is 11.1 Å². The first kappa shape index (κ1) is 33.3. The third kappa shape index (κ3) is 8.30. The molecular formula is C31H36Cl2N6O5. The summed E-state index contributed by atoms with van der Waals surface area (Å²) < 4.78 is 5.13. The number of aliphatic hydroxyl groups is 1. The summed E-state index contributed by atoms with van der Waals surface area (Å²) in [6, 6.07) is 13.3. The van der Waals surface area contributed by atoms with E-state index in [9.17, 15) is 19.5 Å². The van der Waals surface area contributed by atoms with Crippen LogP contribution in [0.5, 0.6) is 0 Å². The Hall–Kier alpha value is -3.63. The van der Waals surface area contributed by atoms with Gasteiger partial charge < -0.3 is 25.0 Å². The normalized spacial score (nSPS) is 19.4. The first-order chi connectivity index (χ1) is 21.2. The molecule has 2 aliphatic heterocycles. The van der Waals surface area contributed by atoms with Crippen LogP contribution in [-0.4, -0.2) is 94.2 Å². The topological polar surface area (TPSA) is 118 Å². The Morgan fingerprint density at radius 3 is 2.66 bits per heavy atom. The fraction of sp³-hybridized carbons (Fsp3) is 0.387. The van der Waals surface area contributed by atoms with Crippen molar-refractivity contribution in [2.75, 3.05) is 32.8 Å². The molecule has 2 aliphatic rings. The van der Waals surface area contributed by atoms with Crippen LogP contribution in [0.1, 0.15) is 24.0 Å². The second-order valence-corrected chi connectivity index (χ2v) is 11.2. The molecule has 0 bridgehead atoms. The number of ether oxygens (including phenoxy) is 1. The van der Waals surface area contributed by atoms with Crippen molar-refractivity contribution in [1.29, 1.82) is 0 Å². The van der Waals surface area contributed by atoms with Crippen LogP contribution in [0.3, 0.4) is 0 Å². The Kier molecular flexibility index (Phi) is 12.0. The van der Waals surface area contributed by atoms with Gasteiger partial charge in [0.2, 0.25) is 18.2 Å². The highest BCUT2D eigenvalue weighted by Gasteiger charge is 2.51. The SMILES string of the molecule is C#CCN1CC(=O)N2[C@@H](CCCNC(O)OCC=C)C(=O)N(Cc3ccc(Cl)c(Cl)c3)C[C@@H]2N1C(=O)NCc1ccccc1. The number of urea groups is 1. The van der Waals surface area contributed by atoms with E-state index in [1.165, 1.54) is 21.0 Å². The smallest absolute Gasteiger partial charge is 0.334 e. The fourth-order valence-corrected chi connectivity index (χ4v) is 5.63. The Morgan fingerprint density at radius 2 is 1.95 bits per heavy atom. The van der Waals surface area contributed by atoms with Crippen molar-refractivity contribution in [2.24, 2.45) is 0 Å². The van der Waals surface area contributed by atoms with Crippen LogP contribution >= 0.6 is 23.2 Å². The van der Waals surface area contributed by atoms with Gasteiger partial charge in [-0.05, 0) is 42.6 Å². The number of hydrogen-bond acceptors (Lipinski definition) is 7. The summed E-state index contributed by atoms with van der Waals surface area (Å²) in [7, 11) is 0. The maximum absolute atomic E-state index is 13.9. The molecule has 4 amide bonds. The van der Waals surface area contributed by atoms with Gasteiger partial charge in [-0.2, -0.15) is 5.01 Å². The molecule has 4 rings (SSSR count). The van der Waals surface area contributed by atoms with Crippen molar-refractivity contribution in [3.8, 4) is 12.3 Å². The van der Waals surface area contributed by atoms with Crippen LogP contribution in [0.2, 0.25) is 10.0 Å². The van der Waals surface area contributed by atoms with Crippen LogP contribution in [0.4, 0.5) is 4.79 Å². The second kappa shape index (κ2) is 15.9. The van der Waals surface area contributed by atoms with Crippen molar-refractivity contribution >= 4 is 41.0 Å². The molecule has 3 N–H and O–H groups in total. The highest BCUT2D eigenvalue weighted by Crippen LogP contribution is 2.30. The van der Waals surface area contributed by atoms with Gasteiger partial charge in [-0.1, -0.05) is 71.6 Å². The average Bonchev–Trinajstić information content (AvgIpc) is 3.01. The number of halogens is 2. The zero-order valence-corrected chi connectivity index (χ0v) is 25.7. The maximum atomic E-state index is 13.9. The molecule has 13 heteroatoms. The molecule has 2 aromatic rings. The summed E-state index contributed by atoms with van der Waals surface area (Å²) in [4.78, 5) is 44.4. The number of aliphatic hydroxyl groups excluding tert-OH is 1. The Bertz CT molecular complexity index is 1370. The molecule has 3 atom stereocenters. The summed E-state index contributed by atoms with van der Waals surface area (Å²) in [5.74, 6) is 1.96. The van der Waals surface area contributed by atoms with Gasteiger partial charge in [-0.15, -0.1) is 13.0 Å². The molecule has 11 nitrogen and oxygen atoms in total. The van der Waals surface area contributed by atoms with Crippen molar-refractivity contribution in [3.63, 3.8) is 0 Å². The van der Waals surface area contributed by atoms with Crippen molar-refractivity contribution in [2.45, 2.75) is 44.6 Å². The van der Waals surface area contributed by atoms with Gasteiger partial charge in [-0.25, -0.2) is 9.80 Å². The van der Waals surface area contributed by atoms with Gasteiger partial charge in [0.15, 0.2) is 0 Å². The van der Waals surface area contributed by atoms with Gasteiger partial charge in [0, 0.05) is 13.1 Å². The number of piperazine rings is 1. The molecule has 0 radical (unpaired) electrons. The lowest BCUT2D eigenvalue weighted by molar-refractivity contribution is -0.189. The number of carbonyl (C=O) groups is 3. The lowest BCUT2D eigenvalue weighted by atomic mass is 10.0. The van der Waals surface area contributed by atoms with E-state index in [2.05, 4.69) is 23.1 Å². The van der Waals surface area contributed by atoms with E-state index < -0.39 is 24.7 Å². The summed E-state index contributed by atoms with van der Waals surface area (Å²) in [6.45, 7) is 4.38. The zero-order valence-electron chi connectivity index (χ0n) is 24.2. The van der Waals surface area contributed by atoms with Crippen LogP contribution < -0.4 is 10.6 Å². The summed E-state index contributed by atoms with van der Waals surface area (Å²) in [5.41, 5.74) is 1.64. The monoisotopic (exact) mass is 642 g/mol. The van der Waals surface area contributed by atoms with Crippen LogP contribution in [0.25, 0.3) is 0 Å². The summed E-state index contributed by atoms with van der Waals surface area (Å²) in [5, 5.41) is 19.4. The molecule has 2 aromatic carbocycles. The predicted molar refractivity (Wildman–Crippen MR) is 167 cm³/mol. The summed E-state index contributed by atoms with van der Waals surface area (Å²) in [6.07, 6.45) is 5.83. The van der Waals surface area contributed by atoms with Crippen LogP contribution in [-0.2, 0) is 27.4 Å². The lowest BCUT2D eigenvalue weighted by Gasteiger charge is -2.55. The van der Waals surface area contributed by atoms with E-state index in [1.54, 1.807) is 23.1 Å². The fourth-order valence-electron chi connectivity index (χ4n) is 5.31. The quantitative estimate of drug-likeness (QED) is 0.133. The highest BCUT2D eigenvalue weighted by atomic mass is 35.5. The van der Waals surface area contributed by atoms with Crippen molar-refractivity contribution in [1.82, 2.24) is 30.5 Å². The number of amides is 4. The van der Waals surface area contributed by atoms with Gasteiger partial charge >= 0.3 is 6.03 Å². The molecule has 234 valence electrons. The first-order valence-electron chi connectivity index (χ1n) is 14.2. The molecule has 2 saturated heterocycles. The summed E-state index contributed by atoms with van der Waals surface area (Å²) >= 11 is 12.4. The Morgan fingerprint density at radius 1 is 1.18 bits per heavy atom. The van der Waals surface area contributed by atoms with Gasteiger partial charge in [0.05, 0.1) is 36.3 Å². The van der Waals surface area contributed by atoms with E-state index in [0.29, 0.717) is 23.0 Å². The molecule has 0 aliphatic carbocycles. The second-order valence-electron chi connectivity index (χ2n) is 10.4.